The Morgan fingerprint density at radius 3 is 1.15 bits per heavy atom. The van der Waals surface area contributed by atoms with E-state index in [1.165, 1.54) is 63.5 Å². The summed E-state index contributed by atoms with van der Waals surface area (Å²) >= 11 is 0. The Morgan fingerprint density at radius 2 is 0.829 bits per heavy atom. The minimum atomic E-state index is -0.756. The van der Waals surface area contributed by atoms with Crippen LogP contribution >= 0.6 is 0 Å². The average Bonchev–Trinajstić information content (AvgIpc) is 3.40. The van der Waals surface area contributed by atoms with E-state index < -0.39 is 23.5 Å². The number of amides is 2. The van der Waals surface area contributed by atoms with Gasteiger partial charge in [-0.1, -0.05) is 89.9 Å². The molecule has 238 valence electrons. The van der Waals surface area contributed by atoms with Crippen LogP contribution in [0.4, 0.5) is 8.78 Å². The molecule has 0 bridgehead atoms. The van der Waals surface area contributed by atoms with E-state index in [0.29, 0.717) is 32.1 Å². The predicted molar refractivity (Wildman–Crippen MR) is 163 cm³/mol. The number of aliphatic hydroxyl groups is 2. The number of nitrogens with one attached hydrogen (secondary N) is 2. The Hall–Kier alpha value is -1.80. The van der Waals surface area contributed by atoms with Crippen LogP contribution in [0, 0.1) is 0 Å². The zero-order valence-electron chi connectivity index (χ0n) is 25.5. The molecule has 0 aromatic carbocycles. The summed E-state index contributed by atoms with van der Waals surface area (Å²) in [4.78, 5) is 24.4. The van der Waals surface area contributed by atoms with Crippen molar-refractivity contribution in [3.05, 3.63) is 23.8 Å². The predicted octanol–water partition coefficient (Wildman–Crippen LogP) is 7.63. The van der Waals surface area contributed by atoms with Gasteiger partial charge in [0, 0.05) is 25.3 Å². The van der Waals surface area contributed by atoms with Gasteiger partial charge in [-0.05, 0) is 69.9 Å². The second-order valence-electron chi connectivity index (χ2n) is 11.6. The fraction of sp³-hybridized carbons (Fsp3) is 0.818. The number of hydrogen-bond acceptors (Lipinski definition) is 4. The molecule has 0 heterocycles. The van der Waals surface area contributed by atoms with Crippen LogP contribution in [-0.4, -0.2) is 47.3 Å². The summed E-state index contributed by atoms with van der Waals surface area (Å²) in [5.74, 6) is -2.93. The highest BCUT2D eigenvalue weighted by Crippen LogP contribution is 2.21. The van der Waals surface area contributed by atoms with Crippen LogP contribution in [0.25, 0.3) is 0 Å². The zero-order chi connectivity index (χ0) is 30.0. The van der Waals surface area contributed by atoms with E-state index in [9.17, 15) is 18.4 Å². The fourth-order valence-corrected chi connectivity index (χ4v) is 5.38. The van der Waals surface area contributed by atoms with Crippen LogP contribution in [0.3, 0.4) is 0 Å². The summed E-state index contributed by atoms with van der Waals surface area (Å²) in [7, 11) is 0. The Balaban J connectivity index is 2.10. The molecule has 0 aliphatic heterocycles. The third-order valence-corrected chi connectivity index (χ3v) is 7.91. The van der Waals surface area contributed by atoms with Crippen molar-refractivity contribution in [3.8, 4) is 0 Å². The molecule has 4 N–H and O–H groups in total. The van der Waals surface area contributed by atoms with E-state index >= 15 is 0 Å². The molecule has 0 radical (unpaired) electrons. The van der Waals surface area contributed by atoms with Gasteiger partial charge in [-0.15, -0.1) is 0 Å². The average molecular weight is 585 g/mol. The van der Waals surface area contributed by atoms with E-state index in [0.717, 1.165) is 64.2 Å². The first-order valence-electron chi connectivity index (χ1n) is 16.5. The van der Waals surface area contributed by atoms with E-state index in [4.69, 9.17) is 10.2 Å². The maximum atomic E-state index is 14.2. The van der Waals surface area contributed by atoms with Crippen molar-refractivity contribution in [3.63, 3.8) is 0 Å². The highest BCUT2D eigenvalue weighted by molar-refractivity contribution is 5.92. The van der Waals surface area contributed by atoms with Gasteiger partial charge in [-0.2, -0.15) is 0 Å². The van der Waals surface area contributed by atoms with Crippen molar-refractivity contribution in [2.45, 2.75) is 160 Å². The lowest BCUT2D eigenvalue weighted by Gasteiger charge is -2.14. The molecule has 0 spiro atoms. The van der Waals surface area contributed by atoms with E-state index in [1.54, 1.807) is 0 Å². The SMILES string of the molecule is O=C(N[C@@H]1CC[C@H](NC(=O)/C(F)=C/CCCCCCCCCCCO)C1)/C(F)=C/CCCCCCCCCCCO. The molecule has 0 unspecified atom stereocenters. The topological polar surface area (TPSA) is 98.7 Å². The molecular weight excluding hydrogens is 526 g/mol. The van der Waals surface area contributed by atoms with Gasteiger partial charge in [-0.25, -0.2) is 8.78 Å². The standard InChI is InChI=1S/C33H58F2N2O4/c34-30(21-17-13-9-5-1-3-7-11-15-19-25-38)32(40)36-28-23-24-29(27-28)37-33(41)31(35)22-18-14-10-6-2-4-8-12-16-20-26-39/h21-22,28-29,38-39H,1-20,23-27H2,(H,36,40)(H,37,41)/b30-21-,31-22-/t28-,29+. The molecular formula is C33H58F2N2O4. The summed E-state index contributed by atoms with van der Waals surface area (Å²) in [6.07, 6.45) is 24.9. The number of hydrogen-bond donors (Lipinski definition) is 4. The van der Waals surface area contributed by atoms with E-state index in [1.807, 2.05) is 0 Å². The van der Waals surface area contributed by atoms with Gasteiger partial charge < -0.3 is 20.8 Å². The summed E-state index contributed by atoms with van der Waals surface area (Å²) in [5, 5.41) is 23.0. The molecule has 1 saturated carbocycles. The summed E-state index contributed by atoms with van der Waals surface area (Å²) in [6.45, 7) is 0.549. The fourth-order valence-electron chi connectivity index (χ4n) is 5.38. The molecule has 8 heteroatoms. The number of unbranched alkanes of at least 4 members (excludes halogenated alkanes) is 18. The molecule has 0 aromatic heterocycles. The summed E-state index contributed by atoms with van der Waals surface area (Å²) in [6, 6.07) is -0.461. The Labute approximate surface area is 247 Å². The molecule has 41 heavy (non-hydrogen) atoms. The molecule has 6 nitrogen and oxygen atoms in total. The van der Waals surface area contributed by atoms with Gasteiger partial charge in [0.2, 0.25) is 0 Å². The van der Waals surface area contributed by atoms with Gasteiger partial charge >= 0.3 is 0 Å². The van der Waals surface area contributed by atoms with Crippen molar-refractivity contribution in [2.75, 3.05) is 13.2 Å². The van der Waals surface area contributed by atoms with Crippen LogP contribution in [-0.2, 0) is 9.59 Å². The van der Waals surface area contributed by atoms with Crippen molar-refractivity contribution in [2.24, 2.45) is 0 Å². The lowest BCUT2D eigenvalue weighted by Crippen LogP contribution is -2.37. The van der Waals surface area contributed by atoms with Crippen LogP contribution in [0.2, 0.25) is 0 Å². The number of allylic oxidation sites excluding steroid dienone is 2. The molecule has 2 atom stereocenters. The number of halogens is 2. The third-order valence-electron chi connectivity index (χ3n) is 7.91. The van der Waals surface area contributed by atoms with Crippen LogP contribution in [0.1, 0.15) is 148 Å². The Kier molecular flexibility index (Phi) is 23.5. The minimum absolute atomic E-state index is 0.231. The maximum absolute atomic E-state index is 14.2. The quantitative estimate of drug-likeness (QED) is 0.0620. The molecule has 1 aliphatic carbocycles. The normalized spacial score (nSPS) is 17.7. The first-order valence-corrected chi connectivity index (χ1v) is 16.5. The van der Waals surface area contributed by atoms with Crippen molar-refractivity contribution in [1.82, 2.24) is 10.6 Å². The first kappa shape index (κ1) is 37.2. The highest BCUT2D eigenvalue weighted by Gasteiger charge is 2.28. The van der Waals surface area contributed by atoms with Gasteiger partial charge in [-0.3, -0.25) is 9.59 Å². The van der Waals surface area contributed by atoms with Crippen molar-refractivity contribution >= 4 is 11.8 Å². The number of aliphatic hydroxyl groups excluding tert-OH is 2. The molecule has 1 aliphatic rings. The number of carbonyl (C=O) groups excluding carboxylic acids is 2. The lowest BCUT2D eigenvalue weighted by molar-refractivity contribution is -0.119. The van der Waals surface area contributed by atoms with Gasteiger partial charge in [0.1, 0.15) is 0 Å². The van der Waals surface area contributed by atoms with E-state index in [-0.39, 0.29) is 25.3 Å². The highest BCUT2D eigenvalue weighted by atomic mass is 19.1. The van der Waals surface area contributed by atoms with Crippen molar-refractivity contribution < 1.29 is 28.6 Å². The second kappa shape index (κ2) is 25.9. The Morgan fingerprint density at radius 1 is 0.537 bits per heavy atom. The van der Waals surface area contributed by atoms with Crippen LogP contribution in [0.5, 0.6) is 0 Å². The molecule has 2 amide bonds. The maximum Gasteiger partial charge on any atom is 0.279 e. The van der Waals surface area contributed by atoms with Crippen molar-refractivity contribution in [1.29, 1.82) is 0 Å². The number of rotatable bonds is 26. The second-order valence-corrected chi connectivity index (χ2v) is 11.6. The monoisotopic (exact) mass is 584 g/mol. The smallest absolute Gasteiger partial charge is 0.279 e. The largest absolute Gasteiger partial charge is 0.396 e. The molecule has 1 rings (SSSR count). The van der Waals surface area contributed by atoms with E-state index in [2.05, 4.69) is 10.6 Å². The van der Waals surface area contributed by atoms with Crippen LogP contribution in [0.15, 0.2) is 23.8 Å². The van der Waals surface area contributed by atoms with Gasteiger partial charge in [0.25, 0.3) is 11.8 Å². The zero-order valence-corrected chi connectivity index (χ0v) is 25.5. The molecule has 0 saturated heterocycles. The Bertz CT molecular complexity index is 685. The summed E-state index contributed by atoms with van der Waals surface area (Å²) < 4.78 is 28.5. The lowest BCUT2D eigenvalue weighted by atomic mass is 10.1. The minimum Gasteiger partial charge on any atom is -0.396 e. The molecule has 0 aromatic rings. The van der Waals surface area contributed by atoms with Gasteiger partial charge in [0.15, 0.2) is 11.7 Å². The first-order chi connectivity index (χ1) is 20.0. The number of carbonyl (C=O) groups is 2. The molecule has 1 fully saturated rings. The van der Waals surface area contributed by atoms with Crippen LogP contribution < -0.4 is 10.6 Å². The van der Waals surface area contributed by atoms with Gasteiger partial charge in [0.05, 0.1) is 0 Å². The summed E-state index contributed by atoms with van der Waals surface area (Å²) in [5.41, 5.74) is 0. The third kappa shape index (κ3) is 20.7.